The molecule has 33 heavy (non-hydrogen) atoms. The van der Waals surface area contributed by atoms with Gasteiger partial charge in [0.2, 0.25) is 21.7 Å². The molecule has 1 fully saturated rings. The van der Waals surface area contributed by atoms with Gasteiger partial charge in [-0.25, -0.2) is 13.4 Å². The van der Waals surface area contributed by atoms with E-state index in [0.29, 0.717) is 6.54 Å². The van der Waals surface area contributed by atoms with Crippen LogP contribution in [0.5, 0.6) is 0 Å². The molecule has 2 heterocycles. The van der Waals surface area contributed by atoms with Gasteiger partial charge in [0, 0.05) is 31.6 Å². The highest BCUT2D eigenvalue weighted by Crippen LogP contribution is 2.30. The Bertz CT molecular complexity index is 1310. The van der Waals surface area contributed by atoms with E-state index in [4.69, 9.17) is 0 Å². The van der Waals surface area contributed by atoms with Gasteiger partial charge in [-0.1, -0.05) is 41.7 Å². The summed E-state index contributed by atoms with van der Waals surface area (Å²) in [6.45, 7) is 0.678. The van der Waals surface area contributed by atoms with Crippen molar-refractivity contribution in [3.8, 4) is 0 Å². The van der Waals surface area contributed by atoms with E-state index in [1.807, 2.05) is 30.3 Å². The van der Waals surface area contributed by atoms with Gasteiger partial charge >= 0.3 is 0 Å². The lowest BCUT2D eigenvalue weighted by Gasteiger charge is -2.16. The number of anilines is 1. The lowest BCUT2D eigenvalue weighted by atomic mass is 10.1. The van der Waals surface area contributed by atoms with Crippen LogP contribution in [0.1, 0.15) is 12.0 Å². The second kappa shape index (κ2) is 9.08. The standard InChI is InChI=1S/C21H18N4O6S2/c26-18-10-15(13-24(18)12-14-4-2-1-3-5-14)20(27)23-21-22-11-19(32-21)33(30,31)17-8-6-16(7-9-17)25(28)29/h1-9,11,15H,10,12-13H2,(H,22,23,27). The minimum absolute atomic E-state index is 0.0675. The lowest BCUT2D eigenvalue weighted by Crippen LogP contribution is -2.28. The molecule has 1 aliphatic heterocycles. The number of nitro benzene ring substituents is 1. The molecule has 2 aromatic carbocycles. The van der Waals surface area contributed by atoms with Crippen LogP contribution in [0, 0.1) is 16.0 Å². The quantitative estimate of drug-likeness (QED) is 0.400. The fraction of sp³-hybridized carbons (Fsp3) is 0.190. The molecule has 1 atom stereocenters. The highest BCUT2D eigenvalue weighted by atomic mass is 32.2. The van der Waals surface area contributed by atoms with E-state index in [-0.39, 0.29) is 38.8 Å². The first kappa shape index (κ1) is 22.6. The van der Waals surface area contributed by atoms with Crippen molar-refractivity contribution in [2.24, 2.45) is 5.92 Å². The van der Waals surface area contributed by atoms with Gasteiger partial charge in [0.1, 0.15) is 4.21 Å². The molecule has 12 heteroatoms. The van der Waals surface area contributed by atoms with Gasteiger partial charge < -0.3 is 10.2 Å². The van der Waals surface area contributed by atoms with Crippen LogP contribution in [0.4, 0.5) is 10.8 Å². The van der Waals surface area contributed by atoms with E-state index in [1.165, 1.54) is 0 Å². The summed E-state index contributed by atoms with van der Waals surface area (Å²) in [5.41, 5.74) is 0.742. The number of rotatable bonds is 7. The van der Waals surface area contributed by atoms with Crippen LogP contribution >= 0.6 is 11.3 Å². The Kier molecular flexibility index (Phi) is 6.20. The number of hydrogen-bond acceptors (Lipinski definition) is 8. The number of hydrogen-bond donors (Lipinski definition) is 1. The Hall–Kier alpha value is -3.64. The zero-order valence-corrected chi connectivity index (χ0v) is 18.7. The number of carbonyl (C=O) groups excluding carboxylic acids is 2. The Morgan fingerprint density at radius 1 is 1.18 bits per heavy atom. The minimum Gasteiger partial charge on any atom is -0.338 e. The average molecular weight is 487 g/mol. The summed E-state index contributed by atoms with van der Waals surface area (Å²) in [7, 11) is -3.95. The number of aromatic nitrogens is 1. The molecule has 170 valence electrons. The Labute approximate surface area is 193 Å². The number of benzene rings is 2. The van der Waals surface area contributed by atoms with E-state index >= 15 is 0 Å². The zero-order valence-electron chi connectivity index (χ0n) is 17.1. The summed E-state index contributed by atoms with van der Waals surface area (Å²) in [4.78, 5) is 40.6. The fourth-order valence-electron chi connectivity index (χ4n) is 3.42. The molecule has 0 spiro atoms. The molecule has 4 rings (SSSR count). The number of likely N-dealkylation sites (tertiary alicyclic amines) is 1. The van der Waals surface area contributed by atoms with E-state index in [0.717, 1.165) is 47.4 Å². The topological polar surface area (TPSA) is 140 Å². The summed E-state index contributed by atoms with van der Waals surface area (Å²) < 4.78 is 25.4. The Morgan fingerprint density at radius 3 is 2.55 bits per heavy atom. The van der Waals surface area contributed by atoms with E-state index in [1.54, 1.807) is 4.90 Å². The molecule has 1 N–H and O–H groups in total. The SMILES string of the molecule is O=C(Nc1ncc(S(=O)(=O)c2ccc([N+](=O)[O-])cc2)s1)C1CC(=O)N(Cc2ccccc2)C1. The molecule has 10 nitrogen and oxygen atoms in total. The monoisotopic (exact) mass is 486 g/mol. The van der Waals surface area contributed by atoms with Crippen LogP contribution < -0.4 is 5.32 Å². The number of amides is 2. The predicted octanol–water partition coefficient (Wildman–Crippen LogP) is 2.87. The molecule has 1 aromatic heterocycles. The van der Waals surface area contributed by atoms with Crippen LogP contribution in [0.15, 0.2) is 69.9 Å². The molecule has 1 unspecified atom stereocenters. The molecule has 0 saturated carbocycles. The molecule has 0 radical (unpaired) electrons. The third-order valence-electron chi connectivity index (χ3n) is 5.14. The number of nitrogens with one attached hydrogen (secondary N) is 1. The van der Waals surface area contributed by atoms with Gasteiger partial charge in [-0.15, -0.1) is 0 Å². The summed E-state index contributed by atoms with van der Waals surface area (Å²) in [6.07, 6.45) is 1.19. The van der Waals surface area contributed by atoms with Crippen LogP contribution in [0.2, 0.25) is 0 Å². The van der Waals surface area contributed by atoms with Gasteiger partial charge in [-0.05, 0) is 17.7 Å². The van der Waals surface area contributed by atoms with Gasteiger partial charge in [0.05, 0.1) is 21.9 Å². The predicted molar refractivity (Wildman–Crippen MR) is 119 cm³/mol. The molecular formula is C21H18N4O6S2. The van der Waals surface area contributed by atoms with Crippen molar-refractivity contribution in [3.05, 3.63) is 76.5 Å². The molecular weight excluding hydrogens is 468 g/mol. The molecule has 3 aromatic rings. The molecule has 1 saturated heterocycles. The molecule has 0 bridgehead atoms. The number of thiazole rings is 1. The second-order valence-corrected chi connectivity index (χ2v) is 10.6. The second-order valence-electron chi connectivity index (χ2n) is 7.39. The maximum atomic E-state index is 12.8. The van der Waals surface area contributed by atoms with Gasteiger partial charge in [-0.2, -0.15) is 0 Å². The molecule has 0 aliphatic carbocycles. The summed E-state index contributed by atoms with van der Waals surface area (Å²) in [5, 5.41) is 13.4. The van der Waals surface area contributed by atoms with Crippen molar-refractivity contribution in [1.82, 2.24) is 9.88 Å². The van der Waals surface area contributed by atoms with Crippen molar-refractivity contribution in [2.75, 3.05) is 11.9 Å². The third-order valence-corrected chi connectivity index (χ3v) is 8.28. The van der Waals surface area contributed by atoms with Crippen LogP contribution in [-0.4, -0.2) is 41.6 Å². The van der Waals surface area contributed by atoms with Crippen LogP contribution in [0.25, 0.3) is 0 Å². The first-order valence-electron chi connectivity index (χ1n) is 9.82. The van der Waals surface area contributed by atoms with E-state index in [9.17, 15) is 28.1 Å². The number of sulfone groups is 1. The van der Waals surface area contributed by atoms with Crippen molar-refractivity contribution in [1.29, 1.82) is 0 Å². The van der Waals surface area contributed by atoms with Crippen molar-refractivity contribution >= 4 is 43.8 Å². The first-order valence-corrected chi connectivity index (χ1v) is 12.1. The normalized spacial score (nSPS) is 16.1. The maximum absolute atomic E-state index is 12.8. The van der Waals surface area contributed by atoms with Gasteiger partial charge in [0.15, 0.2) is 5.13 Å². The maximum Gasteiger partial charge on any atom is 0.269 e. The Balaban J connectivity index is 1.41. The zero-order chi connectivity index (χ0) is 23.6. The number of carbonyl (C=O) groups is 2. The summed E-state index contributed by atoms with van der Waals surface area (Å²) >= 11 is 0.773. The number of nitrogens with zero attached hydrogens (tertiary/aromatic N) is 3. The molecule has 2 amide bonds. The minimum atomic E-state index is -3.95. The third kappa shape index (κ3) is 4.91. The largest absolute Gasteiger partial charge is 0.338 e. The lowest BCUT2D eigenvalue weighted by molar-refractivity contribution is -0.384. The Morgan fingerprint density at radius 2 is 1.88 bits per heavy atom. The molecule has 1 aliphatic rings. The van der Waals surface area contributed by atoms with E-state index in [2.05, 4.69) is 10.3 Å². The average Bonchev–Trinajstić information content (AvgIpc) is 3.42. The van der Waals surface area contributed by atoms with Crippen LogP contribution in [-0.2, 0) is 26.0 Å². The highest BCUT2D eigenvalue weighted by Gasteiger charge is 2.34. The highest BCUT2D eigenvalue weighted by molar-refractivity contribution is 7.93. The van der Waals surface area contributed by atoms with E-state index < -0.39 is 26.6 Å². The van der Waals surface area contributed by atoms with Gasteiger partial charge in [0.25, 0.3) is 5.69 Å². The fourth-order valence-corrected chi connectivity index (χ4v) is 5.85. The number of non-ortho nitro benzene ring substituents is 1. The van der Waals surface area contributed by atoms with Crippen molar-refractivity contribution in [2.45, 2.75) is 22.1 Å². The summed E-state index contributed by atoms with van der Waals surface area (Å²) in [5.74, 6) is -1.10. The summed E-state index contributed by atoms with van der Waals surface area (Å²) in [6, 6.07) is 14.0. The van der Waals surface area contributed by atoms with Crippen molar-refractivity contribution in [3.63, 3.8) is 0 Å². The van der Waals surface area contributed by atoms with Crippen molar-refractivity contribution < 1.29 is 22.9 Å². The number of nitro groups is 1. The first-order chi connectivity index (χ1) is 15.7. The smallest absolute Gasteiger partial charge is 0.269 e. The van der Waals surface area contributed by atoms with Gasteiger partial charge in [-0.3, -0.25) is 19.7 Å². The van der Waals surface area contributed by atoms with Crippen LogP contribution in [0.3, 0.4) is 0 Å².